The first-order valence-electron chi connectivity index (χ1n) is 5.30. The molecule has 4 heteroatoms. The van der Waals surface area contributed by atoms with Crippen LogP contribution in [0.1, 0.15) is 10.4 Å². The van der Waals surface area contributed by atoms with Gasteiger partial charge in [-0.3, -0.25) is 0 Å². The minimum absolute atomic E-state index is 0.00356. The van der Waals surface area contributed by atoms with Crippen LogP contribution >= 0.6 is 11.3 Å². The Morgan fingerprint density at radius 3 is 2.35 bits per heavy atom. The van der Waals surface area contributed by atoms with E-state index in [1.54, 1.807) is 0 Å². The predicted octanol–water partition coefficient (Wildman–Crippen LogP) is 3.17. The van der Waals surface area contributed by atoms with Gasteiger partial charge in [0.2, 0.25) is 0 Å². The summed E-state index contributed by atoms with van der Waals surface area (Å²) in [6.45, 7) is 0. The van der Waals surface area contributed by atoms with Crippen LogP contribution in [0.2, 0.25) is 0 Å². The van der Waals surface area contributed by atoms with Crippen LogP contribution in [-0.4, -0.2) is 11.2 Å². The van der Waals surface area contributed by atoms with Gasteiger partial charge >= 0.3 is 0 Å². The summed E-state index contributed by atoms with van der Waals surface area (Å²) in [5, 5.41) is 11.7. The lowest BCUT2D eigenvalue weighted by Crippen LogP contribution is -2.15. The van der Waals surface area contributed by atoms with Crippen molar-refractivity contribution in [1.29, 1.82) is 0 Å². The van der Waals surface area contributed by atoms with Gasteiger partial charge in [0, 0.05) is 23.3 Å². The van der Waals surface area contributed by atoms with Crippen molar-refractivity contribution in [2.24, 2.45) is 0 Å². The van der Waals surface area contributed by atoms with E-state index in [0.717, 1.165) is 4.88 Å². The number of aliphatic hydroxyl groups is 1. The topological polar surface area (TPSA) is 20.2 Å². The number of benzene rings is 1. The van der Waals surface area contributed by atoms with E-state index in [1.165, 1.54) is 29.5 Å². The summed E-state index contributed by atoms with van der Waals surface area (Å²) < 4.78 is 26.7. The van der Waals surface area contributed by atoms with E-state index in [9.17, 15) is 13.9 Å². The number of rotatable bonds is 4. The molecule has 17 heavy (non-hydrogen) atoms. The Hall–Kier alpha value is -1.26. The molecule has 1 N–H and O–H groups in total. The van der Waals surface area contributed by atoms with Crippen molar-refractivity contribution in [2.75, 3.05) is 0 Å². The van der Waals surface area contributed by atoms with E-state index < -0.39 is 17.7 Å². The summed E-state index contributed by atoms with van der Waals surface area (Å²) in [4.78, 5) is 1.01. The van der Waals surface area contributed by atoms with Gasteiger partial charge < -0.3 is 5.11 Å². The second kappa shape index (κ2) is 5.38. The fraction of sp³-hybridized carbons (Fsp3) is 0.231. The normalized spacial score (nSPS) is 12.6. The summed E-state index contributed by atoms with van der Waals surface area (Å²) >= 11 is 1.52. The van der Waals surface area contributed by atoms with Gasteiger partial charge in [-0.05, 0) is 23.6 Å². The van der Waals surface area contributed by atoms with Gasteiger partial charge in [-0.15, -0.1) is 11.3 Å². The molecule has 0 aliphatic rings. The maximum Gasteiger partial charge on any atom is 0.129 e. The van der Waals surface area contributed by atoms with Gasteiger partial charge in [0.1, 0.15) is 11.6 Å². The standard InChI is InChI=1S/C13H12F2OS/c14-12-4-1-5-13(15)11(12)8-9(16)7-10-3-2-6-17-10/h1-6,9,16H,7-8H2. The van der Waals surface area contributed by atoms with Gasteiger partial charge in [-0.1, -0.05) is 12.1 Å². The molecule has 2 aromatic rings. The molecule has 1 heterocycles. The van der Waals surface area contributed by atoms with Crippen LogP contribution in [0.3, 0.4) is 0 Å². The highest BCUT2D eigenvalue weighted by atomic mass is 32.1. The highest BCUT2D eigenvalue weighted by Crippen LogP contribution is 2.17. The molecular formula is C13H12F2OS. The van der Waals surface area contributed by atoms with Crippen LogP contribution in [0, 0.1) is 11.6 Å². The van der Waals surface area contributed by atoms with Crippen LogP contribution in [-0.2, 0) is 12.8 Å². The minimum atomic E-state index is -0.764. The minimum Gasteiger partial charge on any atom is -0.392 e. The molecule has 1 atom stereocenters. The molecule has 0 saturated heterocycles. The number of halogens is 2. The van der Waals surface area contributed by atoms with Crippen LogP contribution in [0.5, 0.6) is 0 Å². The molecule has 1 unspecified atom stereocenters. The van der Waals surface area contributed by atoms with Crippen molar-refractivity contribution in [3.8, 4) is 0 Å². The zero-order valence-electron chi connectivity index (χ0n) is 9.07. The number of hydrogen-bond donors (Lipinski definition) is 1. The third-order valence-electron chi connectivity index (χ3n) is 2.52. The molecule has 1 aromatic heterocycles. The molecule has 0 aliphatic heterocycles. The molecule has 0 bridgehead atoms. The van der Waals surface area contributed by atoms with Crippen molar-refractivity contribution in [1.82, 2.24) is 0 Å². The molecule has 1 nitrogen and oxygen atoms in total. The first-order valence-corrected chi connectivity index (χ1v) is 6.18. The predicted molar refractivity (Wildman–Crippen MR) is 64.1 cm³/mol. The molecule has 0 aliphatic carbocycles. The average molecular weight is 254 g/mol. The zero-order valence-corrected chi connectivity index (χ0v) is 9.88. The van der Waals surface area contributed by atoms with Crippen molar-refractivity contribution in [3.05, 3.63) is 57.8 Å². The molecule has 0 radical (unpaired) electrons. The van der Waals surface area contributed by atoms with E-state index in [1.807, 2.05) is 17.5 Å². The van der Waals surface area contributed by atoms with E-state index >= 15 is 0 Å². The first kappa shape index (κ1) is 12.2. The Morgan fingerprint density at radius 2 is 1.76 bits per heavy atom. The van der Waals surface area contributed by atoms with Gasteiger partial charge in [-0.2, -0.15) is 0 Å². The lowest BCUT2D eigenvalue weighted by atomic mass is 10.0. The average Bonchev–Trinajstić information content (AvgIpc) is 2.76. The molecule has 0 fully saturated rings. The quantitative estimate of drug-likeness (QED) is 0.888. The Balaban J connectivity index is 2.05. The fourth-order valence-corrected chi connectivity index (χ4v) is 2.47. The molecular weight excluding hydrogens is 242 g/mol. The molecule has 90 valence electrons. The third kappa shape index (κ3) is 3.11. The number of thiophene rings is 1. The molecule has 2 rings (SSSR count). The Morgan fingerprint density at radius 1 is 1.06 bits per heavy atom. The highest BCUT2D eigenvalue weighted by Gasteiger charge is 2.14. The monoisotopic (exact) mass is 254 g/mol. The van der Waals surface area contributed by atoms with Crippen molar-refractivity contribution in [3.63, 3.8) is 0 Å². The molecule has 0 spiro atoms. The molecule has 0 amide bonds. The second-order valence-electron chi connectivity index (χ2n) is 3.84. The highest BCUT2D eigenvalue weighted by molar-refractivity contribution is 7.09. The smallest absolute Gasteiger partial charge is 0.129 e. The molecule has 0 saturated carbocycles. The van der Waals surface area contributed by atoms with Crippen molar-refractivity contribution >= 4 is 11.3 Å². The van der Waals surface area contributed by atoms with Crippen molar-refractivity contribution < 1.29 is 13.9 Å². The maximum absolute atomic E-state index is 13.3. The maximum atomic E-state index is 13.3. The third-order valence-corrected chi connectivity index (χ3v) is 3.42. The van der Waals surface area contributed by atoms with E-state index in [0.29, 0.717) is 6.42 Å². The summed E-state index contributed by atoms with van der Waals surface area (Å²) in [5.74, 6) is -1.20. The van der Waals surface area contributed by atoms with Crippen LogP contribution in [0.15, 0.2) is 35.7 Å². The fourth-order valence-electron chi connectivity index (χ4n) is 1.70. The van der Waals surface area contributed by atoms with E-state index in [4.69, 9.17) is 0 Å². The summed E-state index contributed by atoms with van der Waals surface area (Å²) in [6.07, 6.45) is -0.345. The number of aliphatic hydroxyl groups excluding tert-OH is 1. The van der Waals surface area contributed by atoms with E-state index in [2.05, 4.69) is 0 Å². The Labute approximate surface area is 102 Å². The van der Waals surface area contributed by atoms with Gasteiger partial charge in [-0.25, -0.2) is 8.78 Å². The first-order chi connectivity index (χ1) is 8.16. The Bertz CT molecular complexity index is 462. The van der Waals surface area contributed by atoms with Gasteiger partial charge in [0.15, 0.2) is 0 Å². The van der Waals surface area contributed by atoms with Crippen LogP contribution in [0.4, 0.5) is 8.78 Å². The van der Waals surface area contributed by atoms with Crippen molar-refractivity contribution in [2.45, 2.75) is 18.9 Å². The second-order valence-corrected chi connectivity index (χ2v) is 4.87. The van der Waals surface area contributed by atoms with Gasteiger partial charge in [0.05, 0.1) is 6.10 Å². The lowest BCUT2D eigenvalue weighted by molar-refractivity contribution is 0.173. The van der Waals surface area contributed by atoms with Crippen LogP contribution < -0.4 is 0 Å². The Kier molecular flexibility index (Phi) is 3.86. The SMILES string of the molecule is OC(Cc1cccs1)Cc1c(F)cccc1F. The van der Waals surface area contributed by atoms with Gasteiger partial charge in [0.25, 0.3) is 0 Å². The summed E-state index contributed by atoms with van der Waals surface area (Å²) in [7, 11) is 0. The lowest BCUT2D eigenvalue weighted by Gasteiger charge is -2.10. The van der Waals surface area contributed by atoms with Crippen LogP contribution in [0.25, 0.3) is 0 Å². The largest absolute Gasteiger partial charge is 0.392 e. The zero-order chi connectivity index (χ0) is 12.3. The number of hydrogen-bond acceptors (Lipinski definition) is 2. The molecule has 1 aromatic carbocycles. The van der Waals surface area contributed by atoms with E-state index in [-0.39, 0.29) is 12.0 Å². The summed E-state index contributed by atoms with van der Waals surface area (Å²) in [6, 6.07) is 7.51. The summed E-state index contributed by atoms with van der Waals surface area (Å²) in [5.41, 5.74) is -0.0449.